The Balaban J connectivity index is 2.44. The van der Waals surface area contributed by atoms with Crippen LogP contribution >= 0.6 is 23.2 Å². The van der Waals surface area contributed by atoms with Crippen LogP contribution in [0.3, 0.4) is 0 Å². The lowest BCUT2D eigenvalue weighted by atomic mass is 10.3. The van der Waals surface area contributed by atoms with Crippen molar-refractivity contribution in [2.75, 3.05) is 0 Å². The van der Waals surface area contributed by atoms with Gasteiger partial charge in [-0.15, -0.1) is 0 Å². The van der Waals surface area contributed by atoms with Crippen molar-refractivity contribution in [3.8, 4) is 5.69 Å². The third kappa shape index (κ3) is 2.53. The first-order chi connectivity index (χ1) is 8.22. The van der Waals surface area contributed by atoms with E-state index in [9.17, 15) is 0 Å². The Kier molecular flexibility index (Phi) is 3.54. The fraction of sp³-hybridized carbons (Fsp3) is 0.100. The number of imidazole rings is 1. The molecule has 17 heavy (non-hydrogen) atoms. The molecule has 2 aromatic rings. The molecule has 0 atom stereocenters. The van der Waals surface area contributed by atoms with Crippen LogP contribution in [0.25, 0.3) is 16.1 Å². The van der Waals surface area contributed by atoms with Crippen LogP contribution in [0.2, 0.25) is 10.2 Å². The highest BCUT2D eigenvalue weighted by atomic mass is 35.5. The van der Waals surface area contributed by atoms with Gasteiger partial charge in [0.25, 0.3) is 0 Å². The molecule has 0 radical (unpaired) electrons. The molecule has 5 nitrogen and oxygen atoms in total. The Hall–Kier alpha value is -1.68. The van der Waals surface area contributed by atoms with Crippen molar-refractivity contribution in [2.45, 2.75) is 6.54 Å². The van der Waals surface area contributed by atoms with Gasteiger partial charge in [0, 0.05) is 15.6 Å². The summed E-state index contributed by atoms with van der Waals surface area (Å²) < 4.78 is 1.76. The van der Waals surface area contributed by atoms with E-state index in [1.807, 2.05) is 12.1 Å². The van der Waals surface area contributed by atoms with Crippen LogP contribution in [0.1, 0.15) is 5.69 Å². The van der Waals surface area contributed by atoms with E-state index in [0.717, 1.165) is 5.69 Å². The lowest BCUT2D eigenvalue weighted by Crippen LogP contribution is -1.97. The van der Waals surface area contributed by atoms with Gasteiger partial charge < -0.3 is 4.57 Å². The van der Waals surface area contributed by atoms with Gasteiger partial charge in [-0.2, -0.15) is 0 Å². The smallest absolute Gasteiger partial charge is 0.150 e. The average molecular weight is 268 g/mol. The van der Waals surface area contributed by atoms with E-state index in [1.54, 1.807) is 23.0 Å². The molecule has 0 unspecified atom stereocenters. The predicted octanol–water partition coefficient (Wildman–Crippen LogP) is 3.99. The minimum absolute atomic E-state index is 0.151. The van der Waals surface area contributed by atoms with Crippen LogP contribution in [0.5, 0.6) is 0 Å². The van der Waals surface area contributed by atoms with Gasteiger partial charge >= 0.3 is 0 Å². The number of benzene rings is 1. The van der Waals surface area contributed by atoms with Crippen LogP contribution in [-0.2, 0) is 6.54 Å². The number of halogens is 2. The van der Waals surface area contributed by atoms with E-state index in [1.165, 1.54) is 0 Å². The summed E-state index contributed by atoms with van der Waals surface area (Å²) in [5.74, 6) is 0. The van der Waals surface area contributed by atoms with Crippen LogP contribution in [-0.4, -0.2) is 9.55 Å². The summed E-state index contributed by atoms with van der Waals surface area (Å²) in [7, 11) is 0. The van der Waals surface area contributed by atoms with Gasteiger partial charge in [-0.1, -0.05) is 28.3 Å². The van der Waals surface area contributed by atoms with Gasteiger partial charge in [-0.05, 0) is 29.8 Å². The van der Waals surface area contributed by atoms with E-state index in [4.69, 9.17) is 28.7 Å². The van der Waals surface area contributed by atoms with Crippen LogP contribution in [0.4, 0.5) is 0 Å². The van der Waals surface area contributed by atoms with Gasteiger partial charge in [-0.25, -0.2) is 4.98 Å². The highest BCUT2D eigenvalue weighted by molar-refractivity contribution is 6.30. The van der Waals surface area contributed by atoms with E-state index in [0.29, 0.717) is 15.9 Å². The van der Waals surface area contributed by atoms with Crippen molar-refractivity contribution in [1.82, 2.24) is 9.55 Å². The molecule has 0 amide bonds. The molecule has 0 saturated heterocycles. The molecule has 0 fully saturated rings. The van der Waals surface area contributed by atoms with E-state index in [-0.39, 0.29) is 6.54 Å². The average Bonchev–Trinajstić information content (AvgIpc) is 2.69. The molecule has 1 heterocycles. The van der Waals surface area contributed by atoms with Gasteiger partial charge in [0.15, 0.2) is 5.15 Å². The first-order valence-corrected chi connectivity index (χ1v) is 5.46. The van der Waals surface area contributed by atoms with E-state index in [2.05, 4.69) is 15.0 Å². The van der Waals surface area contributed by atoms with Crippen molar-refractivity contribution in [3.05, 3.63) is 56.9 Å². The van der Waals surface area contributed by atoms with E-state index < -0.39 is 0 Å². The molecule has 0 N–H and O–H groups in total. The molecule has 0 saturated carbocycles. The second-order valence-corrected chi connectivity index (χ2v) is 4.01. The highest BCUT2D eigenvalue weighted by Gasteiger charge is 2.09. The zero-order valence-corrected chi connectivity index (χ0v) is 10.1. The summed E-state index contributed by atoms with van der Waals surface area (Å²) in [4.78, 5) is 6.69. The largest absolute Gasteiger partial charge is 0.302 e. The number of nitrogens with zero attached hydrogens (tertiary/aromatic N) is 5. The quantitative estimate of drug-likeness (QED) is 0.471. The molecule has 0 bridgehead atoms. The molecule has 0 aliphatic carbocycles. The van der Waals surface area contributed by atoms with Crippen molar-refractivity contribution < 1.29 is 0 Å². The fourth-order valence-electron chi connectivity index (χ4n) is 1.42. The predicted molar refractivity (Wildman–Crippen MR) is 66.4 cm³/mol. The van der Waals surface area contributed by atoms with Crippen LogP contribution < -0.4 is 0 Å². The third-order valence-electron chi connectivity index (χ3n) is 2.20. The number of azide groups is 1. The maximum absolute atomic E-state index is 8.32. The number of hydrogen-bond acceptors (Lipinski definition) is 2. The Labute approximate surface area is 107 Å². The number of hydrogen-bond donors (Lipinski definition) is 0. The lowest BCUT2D eigenvalue weighted by Gasteiger charge is -2.06. The molecular weight excluding hydrogens is 261 g/mol. The summed E-state index contributed by atoms with van der Waals surface area (Å²) in [6, 6.07) is 7.20. The number of rotatable bonds is 3. The summed E-state index contributed by atoms with van der Waals surface area (Å²) in [5, 5.41) is 4.46. The fourth-order valence-corrected chi connectivity index (χ4v) is 1.74. The summed E-state index contributed by atoms with van der Waals surface area (Å²) in [6.45, 7) is 0.151. The van der Waals surface area contributed by atoms with Crippen LogP contribution in [0.15, 0.2) is 35.7 Å². The zero-order chi connectivity index (χ0) is 12.3. The van der Waals surface area contributed by atoms with Crippen molar-refractivity contribution in [3.63, 3.8) is 0 Å². The molecule has 1 aromatic heterocycles. The SMILES string of the molecule is [N-]=[N+]=NCc1c(Cl)ncn1-c1ccc(Cl)cc1. The normalized spacial score (nSPS) is 10.0. The molecule has 0 aliphatic heterocycles. The van der Waals surface area contributed by atoms with Crippen molar-refractivity contribution in [1.29, 1.82) is 0 Å². The minimum Gasteiger partial charge on any atom is -0.302 e. The lowest BCUT2D eigenvalue weighted by molar-refractivity contribution is 0.903. The molecule has 1 aromatic carbocycles. The minimum atomic E-state index is 0.151. The monoisotopic (exact) mass is 267 g/mol. The Morgan fingerprint density at radius 3 is 2.65 bits per heavy atom. The topological polar surface area (TPSA) is 66.6 Å². The Bertz CT molecular complexity index is 569. The standard InChI is InChI=1S/C10H7Cl2N5/c11-7-1-3-8(4-2-7)17-6-14-10(12)9(17)5-15-16-13/h1-4,6H,5H2. The molecule has 2 rings (SSSR count). The Morgan fingerprint density at radius 1 is 1.29 bits per heavy atom. The van der Waals surface area contributed by atoms with Crippen LogP contribution in [0, 0.1) is 0 Å². The maximum atomic E-state index is 8.32. The van der Waals surface area contributed by atoms with Gasteiger partial charge in [0.2, 0.25) is 0 Å². The van der Waals surface area contributed by atoms with Crippen molar-refractivity contribution >= 4 is 23.2 Å². The molecule has 7 heteroatoms. The summed E-state index contributed by atoms with van der Waals surface area (Å²) in [5.41, 5.74) is 9.83. The zero-order valence-electron chi connectivity index (χ0n) is 8.59. The Morgan fingerprint density at radius 2 is 2.00 bits per heavy atom. The molecule has 0 spiro atoms. The second-order valence-electron chi connectivity index (χ2n) is 3.22. The molecular formula is C10H7Cl2N5. The second kappa shape index (κ2) is 5.10. The van der Waals surface area contributed by atoms with Gasteiger partial charge in [0.1, 0.15) is 6.33 Å². The maximum Gasteiger partial charge on any atom is 0.150 e. The van der Waals surface area contributed by atoms with E-state index >= 15 is 0 Å². The summed E-state index contributed by atoms with van der Waals surface area (Å²) >= 11 is 11.7. The number of aromatic nitrogens is 2. The summed E-state index contributed by atoms with van der Waals surface area (Å²) in [6.07, 6.45) is 1.58. The first-order valence-electron chi connectivity index (χ1n) is 4.71. The highest BCUT2D eigenvalue weighted by Crippen LogP contribution is 2.21. The van der Waals surface area contributed by atoms with Gasteiger partial charge in [0.05, 0.1) is 12.2 Å². The van der Waals surface area contributed by atoms with Crippen molar-refractivity contribution in [2.24, 2.45) is 5.11 Å². The molecule has 0 aliphatic rings. The van der Waals surface area contributed by atoms with Gasteiger partial charge in [-0.3, -0.25) is 0 Å². The first kappa shape index (κ1) is 11.8. The third-order valence-corrected chi connectivity index (χ3v) is 2.77. The molecule has 86 valence electrons.